The summed E-state index contributed by atoms with van der Waals surface area (Å²) in [5, 5.41) is 2.88. The third-order valence-electron chi connectivity index (χ3n) is 6.54. The minimum absolute atomic E-state index is 0.0756. The smallest absolute Gasteiger partial charge is 0.246 e. The van der Waals surface area contributed by atoms with Crippen LogP contribution in [-0.4, -0.2) is 58.9 Å². The summed E-state index contributed by atoms with van der Waals surface area (Å²) < 4.78 is 13.5. The van der Waals surface area contributed by atoms with Crippen LogP contribution < -0.4 is 15.0 Å². The molecule has 1 unspecified atom stereocenters. The molecule has 2 aliphatic heterocycles. The second kappa shape index (κ2) is 8.43. The maximum Gasteiger partial charge on any atom is 0.246 e. The number of anilines is 1. The van der Waals surface area contributed by atoms with Crippen molar-refractivity contribution < 1.29 is 14.3 Å². The summed E-state index contributed by atoms with van der Waals surface area (Å²) in [4.78, 5) is 23.6. The van der Waals surface area contributed by atoms with Crippen LogP contribution in [0.15, 0.2) is 36.5 Å². The van der Waals surface area contributed by atoms with Gasteiger partial charge >= 0.3 is 0 Å². The molecule has 4 heterocycles. The Bertz CT molecular complexity index is 1110. The van der Waals surface area contributed by atoms with E-state index in [0.29, 0.717) is 25.2 Å². The monoisotopic (exact) mass is 435 g/mol. The molecule has 0 spiro atoms. The van der Waals surface area contributed by atoms with Crippen molar-refractivity contribution in [3.8, 4) is 17.1 Å². The molecule has 1 N–H and O–H groups in total. The van der Waals surface area contributed by atoms with E-state index in [4.69, 9.17) is 19.4 Å². The first-order valence-corrected chi connectivity index (χ1v) is 11.2. The summed E-state index contributed by atoms with van der Waals surface area (Å²) in [7, 11) is 1.66. The molecule has 0 bridgehead atoms. The van der Waals surface area contributed by atoms with Crippen LogP contribution in [0.1, 0.15) is 26.7 Å². The van der Waals surface area contributed by atoms with Gasteiger partial charge in [0.1, 0.15) is 29.5 Å². The average molecular weight is 436 g/mol. The highest BCUT2D eigenvalue weighted by atomic mass is 16.5. The number of amides is 1. The summed E-state index contributed by atoms with van der Waals surface area (Å²) in [5.74, 6) is 2.49. The highest BCUT2D eigenvalue weighted by molar-refractivity contribution is 5.86. The van der Waals surface area contributed by atoms with Gasteiger partial charge in [0.2, 0.25) is 5.91 Å². The summed E-state index contributed by atoms with van der Waals surface area (Å²) in [5.41, 5.74) is 2.70. The number of fused-ring (bicyclic) bond motifs is 1. The van der Waals surface area contributed by atoms with Crippen LogP contribution in [0, 0.1) is 0 Å². The minimum atomic E-state index is -0.146. The predicted molar refractivity (Wildman–Crippen MR) is 123 cm³/mol. The Balaban J connectivity index is 1.53. The number of morpholine rings is 1. The van der Waals surface area contributed by atoms with E-state index < -0.39 is 0 Å². The van der Waals surface area contributed by atoms with Gasteiger partial charge < -0.3 is 24.3 Å². The normalized spacial score (nSPS) is 23.5. The van der Waals surface area contributed by atoms with Crippen molar-refractivity contribution in [3.05, 3.63) is 36.5 Å². The number of pyridine rings is 1. The fourth-order valence-corrected chi connectivity index (χ4v) is 4.89. The number of nitrogens with zero attached hydrogens (tertiary/aromatic N) is 4. The second-order valence-electron chi connectivity index (χ2n) is 8.70. The highest BCUT2D eigenvalue weighted by Crippen LogP contribution is 2.33. The number of carbonyl (C=O) groups is 1. The first-order valence-electron chi connectivity index (χ1n) is 11.2. The van der Waals surface area contributed by atoms with E-state index in [1.165, 1.54) is 12.8 Å². The largest absolute Gasteiger partial charge is 0.494 e. The standard InChI is InChI=1S/C24H29N5O3/c1-15-7-8-16(2)29(15)21-10-9-17(11-25-21)24-27-19-5-4-6-20(31-3)23(19)28(24)13-18-12-26-22(30)14-32-18/h4-6,9-11,15-16,18H,7-8,12-14H2,1-3H3,(H,26,30)/t15-,16-,18?/m0/s1. The van der Waals surface area contributed by atoms with E-state index >= 15 is 0 Å². The molecule has 8 nitrogen and oxygen atoms in total. The summed E-state index contributed by atoms with van der Waals surface area (Å²) in [6, 6.07) is 11.0. The van der Waals surface area contributed by atoms with Crippen LogP contribution in [0.5, 0.6) is 5.75 Å². The summed E-state index contributed by atoms with van der Waals surface area (Å²) >= 11 is 0. The van der Waals surface area contributed by atoms with Gasteiger partial charge in [-0.05, 0) is 51.0 Å². The number of carbonyl (C=O) groups excluding carboxylic acids is 1. The fourth-order valence-electron chi connectivity index (χ4n) is 4.89. The molecular weight excluding hydrogens is 406 g/mol. The molecule has 2 saturated heterocycles. The molecule has 2 fully saturated rings. The molecule has 2 aliphatic rings. The SMILES string of the molecule is COc1cccc2nc(-c3ccc(N4[C@@H](C)CC[C@@H]4C)nc3)n(CC3CNC(=O)CO3)c12. The Morgan fingerprint density at radius 1 is 1.19 bits per heavy atom. The lowest BCUT2D eigenvalue weighted by Gasteiger charge is -2.27. The Morgan fingerprint density at radius 3 is 2.66 bits per heavy atom. The van der Waals surface area contributed by atoms with Crippen molar-refractivity contribution in [2.24, 2.45) is 0 Å². The molecule has 3 atom stereocenters. The lowest BCUT2D eigenvalue weighted by Crippen LogP contribution is -2.44. The molecule has 32 heavy (non-hydrogen) atoms. The van der Waals surface area contributed by atoms with Gasteiger partial charge in [0, 0.05) is 30.4 Å². The van der Waals surface area contributed by atoms with Crippen LogP contribution in [0.2, 0.25) is 0 Å². The summed E-state index contributed by atoms with van der Waals surface area (Å²) in [6.45, 7) is 5.61. The molecule has 0 aliphatic carbocycles. The maximum atomic E-state index is 11.5. The van der Waals surface area contributed by atoms with Gasteiger partial charge in [-0.25, -0.2) is 9.97 Å². The highest BCUT2D eigenvalue weighted by Gasteiger charge is 2.28. The lowest BCUT2D eigenvalue weighted by atomic mass is 10.2. The molecule has 5 rings (SSSR count). The van der Waals surface area contributed by atoms with Gasteiger partial charge in [0.05, 0.1) is 25.3 Å². The Morgan fingerprint density at radius 2 is 2.00 bits per heavy atom. The Labute approximate surface area is 187 Å². The number of hydrogen-bond acceptors (Lipinski definition) is 6. The van der Waals surface area contributed by atoms with Gasteiger partial charge in [-0.3, -0.25) is 4.79 Å². The predicted octanol–water partition coefficient (Wildman–Crippen LogP) is 3.00. The van der Waals surface area contributed by atoms with Crippen molar-refractivity contribution >= 4 is 22.8 Å². The number of imidazole rings is 1. The first-order chi connectivity index (χ1) is 15.5. The quantitative estimate of drug-likeness (QED) is 0.664. The molecule has 3 aromatic rings. The molecule has 0 radical (unpaired) electrons. The number of hydrogen-bond donors (Lipinski definition) is 1. The minimum Gasteiger partial charge on any atom is -0.494 e. The molecule has 8 heteroatoms. The first kappa shape index (κ1) is 20.8. The third-order valence-corrected chi connectivity index (χ3v) is 6.54. The molecule has 0 saturated carbocycles. The van der Waals surface area contributed by atoms with Gasteiger partial charge in [0.25, 0.3) is 0 Å². The van der Waals surface area contributed by atoms with Crippen molar-refractivity contribution in [1.82, 2.24) is 19.9 Å². The number of benzene rings is 1. The molecule has 1 aromatic carbocycles. The van der Waals surface area contributed by atoms with Gasteiger partial charge in [-0.2, -0.15) is 0 Å². The van der Waals surface area contributed by atoms with Crippen molar-refractivity contribution in [2.45, 2.75) is 51.4 Å². The molecule has 2 aromatic heterocycles. The second-order valence-corrected chi connectivity index (χ2v) is 8.70. The maximum absolute atomic E-state index is 11.5. The molecular formula is C24H29N5O3. The van der Waals surface area contributed by atoms with Crippen molar-refractivity contribution in [2.75, 3.05) is 25.2 Å². The van der Waals surface area contributed by atoms with Gasteiger partial charge in [-0.1, -0.05) is 6.07 Å². The third kappa shape index (κ3) is 3.68. The van der Waals surface area contributed by atoms with E-state index in [1.54, 1.807) is 7.11 Å². The fraction of sp³-hybridized carbons (Fsp3) is 0.458. The zero-order valence-corrected chi connectivity index (χ0v) is 18.7. The van der Waals surface area contributed by atoms with Gasteiger partial charge in [-0.15, -0.1) is 0 Å². The van der Waals surface area contributed by atoms with Crippen LogP contribution in [0.3, 0.4) is 0 Å². The van der Waals surface area contributed by atoms with E-state index in [-0.39, 0.29) is 18.6 Å². The topological polar surface area (TPSA) is 81.5 Å². The van der Waals surface area contributed by atoms with Crippen molar-refractivity contribution in [3.63, 3.8) is 0 Å². The zero-order valence-electron chi connectivity index (χ0n) is 18.7. The van der Waals surface area contributed by atoms with E-state index in [1.807, 2.05) is 24.4 Å². The van der Waals surface area contributed by atoms with E-state index in [0.717, 1.165) is 34.0 Å². The Hall–Kier alpha value is -3.13. The van der Waals surface area contributed by atoms with E-state index in [2.05, 4.69) is 40.8 Å². The van der Waals surface area contributed by atoms with Crippen LogP contribution in [-0.2, 0) is 16.1 Å². The lowest BCUT2D eigenvalue weighted by molar-refractivity contribution is -0.133. The Kier molecular flexibility index (Phi) is 5.46. The van der Waals surface area contributed by atoms with Crippen LogP contribution in [0.25, 0.3) is 22.4 Å². The number of rotatable bonds is 5. The van der Waals surface area contributed by atoms with E-state index in [9.17, 15) is 4.79 Å². The van der Waals surface area contributed by atoms with Crippen molar-refractivity contribution in [1.29, 1.82) is 0 Å². The molecule has 168 valence electrons. The van der Waals surface area contributed by atoms with Gasteiger partial charge in [0.15, 0.2) is 0 Å². The number of ether oxygens (including phenoxy) is 2. The average Bonchev–Trinajstić information content (AvgIpc) is 3.35. The zero-order chi connectivity index (χ0) is 22.2. The number of aromatic nitrogens is 3. The van der Waals surface area contributed by atoms with Crippen LogP contribution in [0.4, 0.5) is 5.82 Å². The number of methoxy groups -OCH3 is 1. The number of para-hydroxylation sites is 1. The number of nitrogens with one attached hydrogen (secondary N) is 1. The molecule has 1 amide bonds. The van der Waals surface area contributed by atoms with Crippen LogP contribution >= 0.6 is 0 Å². The summed E-state index contributed by atoms with van der Waals surface area (Å²) in [6.07, 6.45) is 4.14.